The van der Waals surface area contributed by atoms with E-state index in [9.17, 15) is 14.4 Å². The topological polar surface area (TPSA) is 120 Å². The number of ether oxygens (including phenoxy) is 2. The molecular formula is C24H29N3O5. The minimum atomic E-state index is -0.505. The molecule has 2 rings (SSSR count). The summed E-state index contributed by atoms with van der Waals surface area (Å²) in [4.78, 5) is 35.6. The maximum Gasteiger partial charge on any atom is 0.253 e. The third kappa shape index (κ3) is 7.79. The summed E-state index contributed by atoms with van der Waals surface area (Å²) >= 11 is 0. The van der Waals surface area contributed by atoms with Gasteiger partial charge in [-0.2, -0.15) is 0 Å². The number of anilines is 1. The van der Waals surface area contributed by atoms with Gasteiger partial charge in [-0.15, -0.1) is 0 Å². The van der Waals surface area contributed by atoms with Crippen LogP contribution in [0.1, 0.15) is 42.1 Å². The normalized spacial score (nSPS) is 10.6. The van der Waals surface area contributed by atoms with E-state index in [-0.39, 0.29) is 18.5 Å². The number of unbranched alkanes of at least 4 members (excludes halogenated alkanes) is 1. The number of amides is 3. The lowest BCUT2D eigenvalue weighted by Crippen LogP contribution is -2.28. The van der Waals surface area contributed by atoms with Crippen molar-refractivity contribution in [2.24, 2.45) is 5.73 Å². The fraction of sp³-hybridized carbons (Fsp3) is 0.292. The zero-order chi connectivity index (χ0) is 23.3. The van der Waals surface area contributed by atoms with Gasteiger partial charge in [0.15, 0.2) is 11.5 Å². The zero-order valence-electron chi connectivity index (χ0n) is 18.4. The standard InChI is InChI=1S/C24H29N3O5/c1-3-4-15-32-20-11-9-17(16-21(20)31-2)10-12-23(29)27-19-8-6-5-7-18(19)24(30)26-14-13-22(25)28/h5-12,16H,3-4,13-15H2,1-2H3,(H2,25,28)(H,26,30)(H,27,29)/b12-10+. The first-order chi connectivity index (χ1) is 15.4. The highest BCUT2D eigenvalue weighted by atomic mass is 16.5. The summed E-state index contributed by atoms with van der Waals surface area (Å²) < 4.78 is 11.1. The maximum absolute atomic E-state index is 12.4. The number of primary amides is 1. The third-order valence-electron chi connectivity index (χ3n) is 4.46. The number of benzene rings is 2. The van der Waals surface area contributed by atoms with Crippen molar-refractivity contribution in [3.05, 3.63) is 59.7 Å². The lowest BCUT2D eigenvalue weighted by atomic mass is 10.1. The lowest BCUT2D eigenvalue weighted by molar-refractivity contribution is -0.118. The van der Waals surface area contributed by atoms with Crippen LogP contribution in [-0.4, -0.2) is 38.0 Å². The molecule has 0 radical (unpaired) electrons. The Hall–Kier alpha value is -3.81. The second-order valence-electron chi connectivity index (χ2n) is 6.95. The van der Waals surface area contributed by atoms with Gasteiger partial charge in [-0.05, 0) is 42.3 Å². The summed E-state index contributed by atoms with van der Waals surface area (Å²) in [6.45, 7) is 2.82. The molecule has 0 saturated heterocycles. The molecule has 0 fully saturated rings. The van der Waals surface area contributed by atoms with Crippen molar-refractivity contribution >= 4 is 29.5 Å². The minimum Gasteiger partial charge on any atom is -0.493 e. The Balaban J connectivity index is 2.03. The van der Waals surface area contributed by atoms with Crippen LogP contribution >= 0.6 is 0 Å². The molecule has 3 amide bonds. The molecule has 170 valence electrons. The molecule has 0 heterocycles. The van der Waals surface area contributed by atoms with Crippen LogP contribution in [0.3, 0.4) is 0 Å². The fourth-order valence-corrected chi connectivity index (χ4v) is 2.76. The van der Waals surface area contributed by atoms with E-state index >= 15 is 0 Å². The quantitative estimate of drug-likeness (QED) is 0.347. The molecule has 0 unspecified atom stereocenters. The molecule has 32 heavy (non-hydrogen) atoms. The van der Waals surface area contributed by atoms with Crippen LogP contribution in [0.2, 0.25) is 0 Å². The van der Waals surface area contributed by atoms with Crippen LogP contribution in [0.5, 0.6) is 11.5 Å². The molecule has 0 atom stereocenters. The number of para-hydroxylation sites is 1. The van der Waals surface area contributed by atoms with Gasteiger partial charge in [0.2, 0.25) is 11.8 Å². The molecule has 0 aromatic heterocycles. The van der Waals surface area contributed by atoms with Gasteiger partial charge in [-0.25, -0.2) is 0 Å². The Morgan fingerprint density at radius 2 is 1.88 bits per heavy atom. The van der Waals surface area contributed by atoms with Crippen molar-refractivity contribution in [3.63, 3.8) is 0 Å². The maximum atomic E-state index is 12.4. The highest BCUT2D eigenvalue weighted by Crippen LogP contribution is 2.28. The third-order valence-corrected chi connectivity index (χ3v) is 4.46. The molecule has 8 heteroatoms. The number of carbonyl (C=O) groups is 3. The average Bonchev–Trinajstić information content (AvgIpc) is 2.78. The minimum absolute atomic E-state index is 0.0366. The summed E-state index contributed by atoms with van der Waals surface area (Å²) in [6, 6.07) is 12.0. The van der Waals surface area contributed by atoms with Crippen molar-refractivity contribution in [3.8, 4) is 11.5 Å². The molecular weight excluding hydrogens is 410 g/mol. The van der Waals surface area contributed by atoms with Crippen LogP contribution in [0.25, 0.3) is 6.08 Å². The fourth-order valence-electron chi connectivity index (χ4n) is 2.76. The Kier molecular flexibility index (Phi) is 9.77. The first kappa shape index (κ1) is 24.5. The number of hydrogen-bond acceptors (Lipinski definition) is 5. The van der Waals surface area contributed by atoms with Gasteiger partial charge in [-0.1, -0.05) is 31.5 Å². The number of hydrogen-bond donors (Lipinski definition) is 3. The average molecular weight is 440 g/mol. The van der Waals surface area contributed by atoms with Crippen LogP contribution in [0, 0.1) is 0 Å². The zero-order valence-corrected chi connectivity index (χ0v) is 18.4. The lowest BCUT2D eigenvalue weighted by Gasteiger charge is -2.11. The van der Waals surface area contributed by atoms with E-state index in [2.05, 4.69) is 17.6 Å². The molecule has 4 N–H and O–H groups in total. The van der Waals surface area contributed by atoms with Gasteiger partial charge < -0.3 is 25.8 Å². The van der Waals surface area contributed by atoms with Gasteiger partial charge in [0, 0.05) is 19.0 Å². The second-order valence-corrected chi connectivity index (χ2v) is 6.95. The number of rotatable bonds is 12. The van der Waals surface area contributed by atoms with E-state index in [0.29, 0.717) is 23.8 Å². The van der Waals surface area contributed by atoms with Crippen molar-refractivity contribution in [2.75, 3.05) is 25.6 Å². The molecule has 0 saturated carbocycles. The molecule has 0 aliphatic carbocycles. The summed E-state index contributed by atoms with van der Waals surface area (Å²) in [7, 11) is 1.56. The van der Waals surface area contributed by atoms with Crippen molar-refractivity contribution in [1.82, 2.24) is 5.32 Å². The second kappa shape index (κ2) is 12.8. The summed E-state index contributed by atoms with van der Waals surface area (Å²) in [5.74, 6) is -0.0752. The first-order valence-corrected chi connectivity index (χ1v) is 10.4. The SMILES string of the molecule is CCCCOc1ccc(/C=C/C(=O)Nc2ccccc2C(=O)NCCC(N)=O)cc1OC. The summed E-state index contributed by atoms with van der Waals surface area (Å²) in [5.41, 5.74) is 6.48. The Labute approximate surface area is 187 Å². The number of nitrogens with two attached hydrogens (primary N) is 1. The van der Waals surface area contributed by atoms with Gasteiger partial charge in [0.25, 0.3) is 5.91 Å². The monoisotopic (exact) mass is 439 g/mol. The smallest absolute Gasteiger partial charge is 0.253 e. The van der Waals surface area contributed by atoms with Gasteiger partial charge >= 0.3 is 0 Å². The Morgan fingerprint density at radius 3 is 2.59 bits per heavy atom. The Bertz CT molecular complexity index is 972. The number of methoxy groups -OCH3 is 1. The van der Waals surface area contributed by atoms with E-state index in [4.69, 9.17) is 15.2 Å². The first-order valence-electron chi connectivity index (χ1n) is 10.4. The molecule has 2 aromatic rings. The van der Waals surface area contributed by atoms with Crippen LogP contribution in [-0.2, 0) is 9.59 Å². The van der Waals surface area contributed by atoms with E-state index in [0.717, 1.165) is 18.4 Å². The van der Waals surface area contributed by atoms with Crippen molar-refractivity contribution in [2.45, 2.75) is 26.2 Å². The number of nitrogens with one attached hydrogen (secondary N) is 2. The van der Waals surface area contributed by atoms with Crippen LogP contribution in [0.15, 0.2) is 48.5 Å². The highest BCUT2D eigenvalue weighted by Gasteiger charge is 2.12. The Morgan fingerprint density at radius 1 is 1.09 bits per heavy atom. The molecule has 2 aromatic carbocycles. The molecule has 0 bridgehead atoms. The van der Waals surface area contributed by atoms with Crippen molar-refractivity contribution in [1.29, 1.82) is 0 Å². The van der Waals surface area contributed by atoms with Crippen LogP contribution < -0.4 is 25.8 Å². The molecule has 0 spiro atoms. The predicted octanol–water partition coefficient (Wildman–Crippen LogP) is 3.13. The van der Waals surface area contributed by atoms with Crippen molar-refractivity contribution < 1.29 is 23.9 Å². The van der Waals surface area contributed by atoms with E-state index in [1.165, 1.54) is 6.08 Å². The summed E-state index contributed by atoms with van der Waals surface area (Å²) in [6.07, 6.45) is 5.04. The molecule has 0 aliphatic heterocycles. The van der Waals surface area contributed by atoms with Crippen LogP contribution in [0.4, 0.5) is 5.69 Å². The number of carbonyl (C=O) groups excluding carboxylic acids is 3. The van der Waals surface area contributed by atoms with Gasteiger partial charge in [0.05, 0.1) is 25.0 Å². The van der Waals surface area contributed by atoms with E-state index in [1.807, 2.05) is 6.07 Å². The molecule has 0 aliphatic rings. The highest BCUT2D eigenvalue weighted by molar-refractivity contribution is 6.07. The largest absolute Gasteiger partial charge is 0.493 e. The predicted molar refractivity (Wildman–Crippen MR) is 124 cm³/mol. The van der Waals surface area contributed by atoms with E-state index < -0.39 is 17.7 Å². The van der Waals surface area contributed by atoms with Gasteiger partial charge in [0.1, 0.15) is 0 Å². The summed E-state index contributed by atoms with van der Waals surface area (Å²) in [5, 5.41) is 5.30. The van der Waals surface area contributed by atoms with E-state index in [1.54, 1.807) is 49.6 Å². The molecule has 8 nitrogen and oxygen atoms in total. The van der Waals surface area contributed by atoms with Gasteiger partial charge in [-0.3, -0.25) is 14.4 Å².